The zero-order valence-corrected chi connectivity index (χ0v) is 10.8. The van der Waals surface area contributed by atoms with Gasteiger partial charge in [-0.1, -0.05) is 39.0 Å². The van der Waals surface area contributed by atoms with Crippen LogP contribution in [0.4, 0.5) is 0 Å². The molecule has 0 aliphatic carbocycles. The molecular weight excluding hydrogens is 186 g/mol. The fourth-order valence-corrected chi connectivity index (χ4v) is 1.85. The maximum absolute atomic E-state index is 9.18. The monoisotopic (exact) mass is 215 g/mol. The van der Waals surface area contributed by atoms with Gasteiger partial charge in [-0.2, -0.15) is 0 Å². The van der Waals surface area contributed by atoms with Crippen molar-refractivity contribution in [2.75, 3.05) is 6.54 Å². The lowest BCUT2D eigenvalue weighted by Crippen LogP contribution is -2.29. The third kappa shape index (κ3) is 11.8. The van der Waals surface area contributed by atoms with Gasteiger partial charge in [-0.15, -0.1) is 0 Å². The van der Waals surface area contributed by atoms with Crippen molar-refractivity contribution in [1.82, 2.24) is 5.32 Å². The second kappa shape index (κ2) is 10.4. The number of hydrogen-bond donors (Lipinski definition) is 2. The second-order valence-corrected chi connectivity index (χ2v) is 4.71. The molecule has 0 fully saturated rings. The Balaban J connectivity index is 3.09. The lowest BCUT2D eigenvalue weighted by molar-refractivity contribution is 0.170. The SMILES string of the molecule is CCCCCCCCNC(C)CC(C)O. The van der Waals surface area contributed by atoms with E-state index in [0.29, 0.717) is 6.04 Å². The molecular formula is C13H29NO. The van der Waals surface area contributed by atoms with Gasteiger partial charge in [-0.25, -0.2) is 0 Å². The highest BCUT2D eigenvalue weighted by Crippen LogP contribution is 2.04. The van der Waals surface area contributed by atoms with E-state index in [2.05, 4.69) is 19.2 Å². The van der Waals surface area contributed by atoms with Crippen molar-refractivity contribution in [3.05, 3.63) is 0 Å². The molecule has 0 amide bonds. The predicted molar refractivity (Wildman–Crippen MR) is 67.1 cm³/mol. The van der Waals surface area contributed by atoms with Crippen LogP contribution >= 0.6 is 0 Å². The summed E-state index contributed by atoms with van der Waals surface area (Å²) in [7, 11) is 0. The van der Waals surface area contributed by atoms with Gasteiger partial charge in [0.25, 0.3) is 0 Å². The summed E-state index contributed by atoms with van der Waals surface area (Å²) in [6, 6.07) is 0.445. The van der Waals surface area contributed by atoms with Crippen LogP contribution in [0.5, 0.6) is 0 Å². The Kier molecular flexibility index (Phi) is 10.4. The minimum absolute atomic E-state index is 0.183. The summed E-state index contributed by atoms with van der Waals surface area (Å²) in [6.07, 6.45) is 8.75. The summed E-state index contributed by atoms with van der Waals surface area (Å²) >= 11 is 0. The topological polar surface area (TPSA) is 32.3 Å². The van der Waals surface area contributed by atoms with Crippen LogP contribution in [0.2, 0.25) is 0 Å². The summed E-state index contributed by atoms with van der Waals surface area (Å²) in [4.78, 5) is 0. The van der Waals surface area contributed by atoms with Gasteiger partial charge < -0.3 is 10.4 Å². The molecule has 0 saturated heterocycles. The van der Waals surface area contributed by atoms with Crippen LogP contribution in [0.1, 0.15) is 65.7 Å². The molecule has 0 heterocycles. The summed E-state index contributed by atoms with van der Waals surface area (Å²) < 4.78 is 0. The van der Waals surface area contributed by atoms with E-state index in [0.717, 1.165) is 13.0 Å². The van der Waals surface area contributed by atoms with Crippen molar-refractivity contribution < 1.29 is 5.11 Å². The van der Waals surface area contributed by atoms with Crippen LogP contribution in [-0.4, -0.2) is 23.8 Å². The zero-order valence-electron chi connectivity index (χ0n) is 10.8. The number of nitrogens with one attached hydrogen (secondary N) is 1. The standard InChI is InChI=1S/C13H29NO/c1-4-5-6-7-8-9-10-14-12(2)11-13(3)15/h12-15H,4-11H2,1-3H3. The van der Waals surface area contributed by atoms with Crippen LogP contribution in [0.25, 0.3) is 0 Å². The van der Waals surface area contributed by atoms with Crippen molar-refractivity contribution in [3.63, 3.8) is 0 Å². The number of aliphatic hydroxyl groups is 1. The molecule has 0 rings (SSSR count). The minimum Gasteiger partial charge on any atom is -0.393 e. The Morgan fingerprint density at radius 3 is 2.20 bits per heavy atom. The van der Waals surface area contributed by atoms with Gasteiger partial charge in [-0.05, 0) is 33.2 Å². The quantitative estimate of drug-likeness (QED) is 0.549. The third-order valence-corrected chi connectivity index (χ3v) is 2.72. The molecule has 92 valence electrons. The van der Waals surface area contributed by atoms with Crippen molar-refractivity contribution in [2.45, 2.75) is 77.9 Å². The number of aliphatic hydroxyl groups excluding tert-OH is 1. The molecule has 0 aromatic rings. The first-order valence-electron chi connectivity index (χ1n) is 6.58. The first-order valence-corrected chi connectivity index (χ1v) is 6.58. The first-order chi connectivity index (χ1) is 7.16. The Labute approximate surface area is 95.5 Å². The van der Waals surface area contributed by atoms with E-state index in [-0.39, 0.29) is 6.10 Å². The highest BCUT2D eigenvalue weighted by atomic mass is 16.3. The van der Waals surface area contributed by atoms with E-state index in [1.807, 2.05) is 6.92 Å². The maximum atomic E-state index is 9.18. The maximum Gasteiger partial charge on any atom is 0.0526 e. The van der Waals surface area contributed by atoms with Gasteiger partial charge in [0.2, 0.25) is 0 Å². The van der Waals surface area contributed by atoms with E-state index in [1.165, 1.54) is 38.5 Å². The molecule has 0 saturated carbocycles. The van der Waals surface area contributed by atoms with Crippen LogP contribution in [0.15, 0.2) is 0 Å². The Hall–Kier alpha value is -0.0800. The third-order valence-electron chi connectivity index (χ3n) is 2.72. The number of hydrogen-bond acceptors (Lipinski definition) is 2. The molecule has 2 N–H and O–H groups in total. The fourth-order valence-electron chi connectivity index (χ4n) is 1.85. The summed E-state index contributed by atoms with van der Waals surface area (Å²) in [5.41, 5.74) is 0. The lowest BCUT2D eigenvalue weighted by atomic mass is 10.1. The van der Waals surface area contributed by atoms with Gasteiger partial charge in [0.1, 0.15) is 0 Å². The number of unbranched alkanes of at least 4 members (excludes halogenated alkanes) is 5. The molecule has 2 atom stereocenters. The van der Waals surface area contributed by atoms with Crippen LogP contribution < -0.4 is 5.32 Å². The lowest BCUT2D eigenvalue weighted by Gasteiger charge is -2.15. The Bertz CT molecular complexity index is 126. The highest BCUT2D eigenvalue weighted by molar-refractivity contribution is 4.63. The van der Waals surface area contributed by atoms with Crippen molar-refractivity contribution in [1.29, 1.82) is 0 Å². The van der Waals surface area contributed by atoms with E-state index >= 15 is 0 Å². The molecule has 0 aliphatic heterocycles. The van der Waals surface area contributed by atoms with Crippen molar-refractivity contribution >= 4 is 0 Å². The molecule has 0 bridgehead atoms. The number of rotatable bonds is 10. The summed E-state index contributed by atoms with van der Waals surface area (Å²) in [5.74, 6) is 0. The van der Waals surface area contributed by atoms with E-state index in [4.69, 9.17) is 0 Å². The molecule has 0 aromatic heterocycles. The van der Waals surface area contributed by atoms with Gasteiger partial charge in [0, 0.05) is 6.04 Å². The molecule has 0 radical (unpaired) electrons. The smallest absolute Gasteiger partial charge is 0.0526 e. The normalized spacial score (nSPS) is 15.2. The van der Waals surface area contributed by atoms with Crippen LogP contribution in [0, 0.1) is 0 Å². The average molecular weight is 215 g/mol. The molecule has 0 aromatic carbocycles. The zero-order chi connectivity index (χ0) is 11.5. The molecule has 2 nitrogen and oxygen atoms in total. The van der Waals surface area contributed by atoms with Gasteiger partial charge >= 0.3 is 0 Å². The average Bonchev–Trinajstić information content (AvgIpc) is 2.15. The Morgan fingerprint density at radius 1 is 1.00 bits per heavy atom. The Morgan fingerprint density at radius 2 is 1.60 bits per heavy atom. The highest BCUT2D eigenvalue weighted by Gasteiger charge is 2.03. The first kappa shape index (κ1) is 14.9. The molecule has 2 unspecified atom stereocenters. The van der Waals surface area contributed by atoms with E-state index in [1.54, 1.807) is 0 Å². The summed E-state index contributed by atoms with van der Waals surface area (Å²) in [5, 5.41) is 12.6. The molecule has 0 aliphatic rings. The van der Waals surface area contributed by atoms with E-state index in [9.17, 15) is 5.11 Å². The van der Waals surface area contributed by atoms with Gasteiger partial charge in [0.15, 0.2) is 0 Å². The minimum atomic E-state index is -0.183. The summed E-state index contributed by atoms with van der Waals surface area (Å²) in [6.45, 7) is 7.34. The van der Waals surface area contributed by atoms with Crippen molar-refractivity contribution in [2.24, 2.45) is 0 Å². The fraction of sp³-hybridized carbons (Fsp3) is 1.00. The second-order valence-electron chi connectivity index (χ2n) is 4.71. The van der Waals surface area contributed by atoms with Gasteiger partial charge in [-0.3, -0.25) is 0 Å². The van der Waals surface area contributed by atoms with Crippen LogP contribution in [-0.2, 0) is 0 Å². The molecule has 2 heteroatoms. The molecule has 15 heavy (non-hydrogen) atoms. The van der Waals surface area contributed by atoms with Crippen LogP contribution in [0.3, 0.4) is 0 Å². The van der Waals surface area contributed by atoms with E-state index < -0.39 is 0 Å². The predicted octanol–water partition coefficient (Wildman–Crippen LogP) is 3.10. The van der Waals surface area contributed by atoms with Crippen molar-refractivity contribution in [3.8, 4) is 0 Å². The molecule has 0 spiro atoms. The largest absolute Gasteiger partial charge is 0.393 e. The van der Waals surface area contributed by atoms with Gasteiger partial charge in [0.05, 0.1) is 6.10 Å².